The minimum Gasteiger partial charge on any atom is -0.316 e. The molecule has 1 aliphatic heterocycles. The molecule has 1 aliphatic carbocycles. The van der Waals surface area contributed by atoms with Gasteiger partial charge in [0.2, 0.25) is 0 Å². The predicted octanol–water partition coefficient (Wildman–Crippen LogP) is 2.39. The first-order valence-electron chi connectivity index (χ1n) is 5.16. The van der Waals surface area contributed by atoms with Crippen molar-refractivity contribution in [2.75, 3.05) is 13.1 Å². The van der Waals surface area contributed by atoms with Crippen LogP contribution in [0, 0.1) is 5.92 Å². The van der Waals surface area contributed by atoms with E-state index in [1.165, 1.54) is 32.4 Å². The Hall–Kier alpha value is -0.340. The van der Waals surface area contributed by atoms with Crippen LogP contribution in [0.3, 0.4) is 0 Å². The van der Waals surface area contributed by atoms with E-state index in [1.54, 1.807) is 4.88 Å². The summed E-state index contributed by atoms with van der Waals surface area (Å²) in [4.78, 5) is 1.63. The molecule has 1 nitrogen and oxygen atoms in total. The zero-order chi connectivity index (χ0) is 8.73. The highest BCUT2D eigenvalue weighted by molar-refractivity contribution is 7.10. The van der Waals surface area contributed by atoms with Gasteiger partial charge in [0.25, 0.3) is 0 Å². The highest BCUT2D eigenvalue weighted by atomic mass is 32.1. The summed E-state index contributed by atoms with van der Waals surface area (Å²) in [5.74, 6) is 0.987. The number of hydrogen-bond acceptors (Lipinski definition) is 2. The van der Waals surface area contributed by atoms with Gasteiger partial charge < -0.3 is 5.32 Å². The molecule has 0 amide bonds. The maximum atomic E-state index is 3.53. The van der Waals surface area contributed by atoms with Crippen molar-refractivity contribution in [3.05, 3.63) is 22.4 Å². The average molecular weight is 193 g/mol. The lowest BCUT2D eigenvalue weighted by atomic mass is 9.80. The van der Waals surface area contributed by atoms with Crippen LogP contribution >= 0.6 is 11.3 Å². The van der Waals surface area contributed by atoms with Crippen molar-refractivity contribution in [2.24, 2.45) is 5.92 Å². The zero-order valence-corrected chi connectivity index (χ0v) is 8.57. The van der Waals surface area contributed by atoms with Gasteiger partial charge in [-0.2, -0.15) is 0 Å². The zero-order valence-electron chi connectivity index (χ0n) is 7.75. The third kappa shape index (κ3) is 1.16. The van der Waals surface area contributed by atoms with Gasteiger partial charge in [-0.3, -0.25) is 0 Å². The highest BCUT2D eigenvalue weighted by Gasteiger charge is 2.48. The third-order valence-corrected chi connectivity index (χ3v) is 4.65. The normalized spacial score (nSPS) is 33.8. The van der Waals surface area contributed by atoms with Crippen molar-refractivity contribution in [2.45, 2.75) is 24.7 Å². The van der Waals surface area contributed by atoms with Crippen molar-refractivity contribution < 1.29 is 0 Å². The second-order valence-electron chi connectivity index (χ2n) is 4.33. The Morgan fingerprint density at radius 3 is 2.92 bits per heavy atom. The quantitative estimate of drug-likeness (QED) is 0.760. The molecule has 13 heavy (non-hydrogen) atoms. The third-order valence-electron chi connectivity index (χ3n) is 3.56. The maximum absolute atomic E-state index is 3.53. The number of nitrogens with one attached hydrogen (secondary N) is 1. The van der Waals surface area contributed by atoms with Crippen molar-refractivity contribution in [3.63, 3.8) is 0 Å². The fourth-order valence-electron chi connectivity index (χ4n) is 2.67. The fraction of sp³-hybridized carbons (Fsp3) is 0.636. The van der Waals surface area contributed by atoms with Gasteiger partial charge in [-0.25, -0.2) is 0 Å². The molecule has 2 heterocycles. The van der Waals surface area contributed by atoms with Crippen molar-refractivity contribution in [3.8, 4) is 0 Å². The summed E-state index contributed by atoms with van der Waals surface area (Å²) in [6.07, 6.45) is 4.28. The first-order valence-corrected chi connectivity index (χ1v) is 6.04. The predicted molar refractivity (Wildman–Crippen MR) is 56.2 cm³/mol. The van der Waals surface area contributed by atoms with Gasteiger partial charge in [0.05, 0.1) is 0 Å². The highest BCUT2D eigenvalue weighted by Crippen LogP contribution is 2.51. The van der Waals surface area contributed by atoms with Gasteiger partial charge in [0.1, 0.15) is 0 Å². The molecule has 2 aliphatic rings. The van der Waals surface area contributed by atoms with Crippen molar-refractivity contribution >= 4 is 11.3 Å². The van der Waals surface area contributed by atoms with Crippen molar-refractivity contribution in [1.82, 2.24) is 5.32 Å². The van der Waals surface area contributed by atoms with Crippen LogP contribution in [-0.2, 0) is 5.41 Å². The molecular weight excluding hydrogens is 178 g/mol. The van der Waals surface area contributed by atoms with E-state index in [4.69, 9.17) is 0 Å². The summed E-state index contributed by atoms with van der Waals surface area (Å²) < 4.78 is 0. The Morgan fingerprint density at radius 2 is 2.38 bits per heavy atom. The van der Waals surface area contributed by atoms with Crippen LogP contribution in [0.25, 0.3) is 0 Å². The van der Waals surface area contributed by atoms with Gasteiger partial charge in [0, 0.05) is 16.8 Å². The number of hydrogen-bond donors (Lipinski definition) is 1. The Kier molecular flexibility index (Phi) is 1.74. The van der Waals surface area contributed by atoms with Gasteiger partial charge in [-0.05, 0) is 43.2 Å². The molecular formula is C11H15NS. The first kappa shape index (κ1) is 8.01. The van der Waals surface area contributed by atoms with E-state index < -0.39 is 0 Å². The second kappa shape index (κ2) is 2.82. The summed E-state index contributed by atoms with van der Waals surface area (Å²) in [5.41, 5.74) is 0.536. The molecule has 1 saturated heterocycles. The second-order valence-corrected chi connectivity index (χ2v) is 5.28. The topological polar surface area (TPSA) is 12.0 Å². The SMILES string of the molecule is c1csc(C2(C3CC3)CCNC2)c1. The van der Waals surface area contributed by atoms with E-state index >= 15 is 0 Å². The summed E-state index contributed by atoms with van der Waals surface area (Å²) in [7, 11) is 0. The molecule has 1 atom stereocenters. The molecule has 1 N–H and O–H groups in total. The van der Waals surface area contributed by atoms with Crippen LogP contribution in [0.1, 0.15) is 24.1 Å². The molecule has 2 heteroatoms. The number of rotatable bonds is 2. The maximum Gasteiger partial charge on any atom is 0.0212 e. The molecule has 1 aromatic heterocycles. The molecule has 0 spiro atoms. The van der Waals surface area contributed by atoms with Crippen LogP contribution in [-0.4, -0.2) is 13.1 Å². The Labute approximate surface area is 83.2 Å². The molecule has 2 fully saturated rings. The molecule has 1 saturated carbocycles. The summed E-state index contributed by atoms with van der Waals surface area (Å²) in [5, 5.41) is 5.75. The molecule has 3 rings (SSSR count). The average Bonchev–Trinajstić information content (AvgIpc) is 2.73. The lowest BCUT2D eigenvalue weighted by Crippen LogP contribution is -2.30. The summed E-state index contributed by atoms with van der Waals surface area (Å²) in [6.45, 7) is 2.44. The lowest BCUT2D eigenvalue weighted by Gasteiger charge is -2.26. The van der Waals surface area contributed by atoms with Gasteiger partial charge >= 0.3 is 0 Å². The molecule has 1 aromatic rings. The Bertz CT molecular complexity index is 281. The largest absolute Gasteiger partial charge is 0.316 e. The van der Waals surface area contributed by atoms with Crippen LogP contribution < -0.4 is 5.32 Å². The van der Waals surface area contributed by atoms with E-state index in [-0.39, 0.29) is 0 Å². The van der Waals surface area contributed by atoms with Gasteiger partial charge in [-0.15, -0.1) is 11.3 Å². The molecule has 70 valence electrons. The van der Waals surface area contributed by atoms with Crippen molar-refractivity contribution in [1.29, 1.82) is 0 Å². The van der Waals surface area contributed by atoms with Gasteiger partial charge in [0.15, 0.2) is 0 Å². The summed E-state index contributed by atoms with van der Waals surface area (Å²) >= 11 is 1.95. The first-order chi connectivity index (χ1) is 6.42. The van der Waals surface area contributed by atoms with Gasteiger partial charge in [-0.1, -0.05) is 6.07 Å². The van der Waals surface area contributed by atoms with Crippen LogP contribution in [0.4, 0.5) is 0 Å². The standard InChI is InChI=1S/C11H15NS/c1-2-10(13-7-1)11(9-3-4-9)5-6-12-8-11/h1-2,7,9,12H,3-6,8H2. The van der Waals surface area contributed by atoms with E-state index in [0.29, 0.717) is 5.41 Å². The minimum atomic E-state index is 0.536. The van der Waals surface area contributed by atoms with E-state index in [9.17, 15) is 0 Å². The van der Waals surface area contributed by atoms with Crippen LogP contribution in [0.15, 0.2) is 17.5 Å². The molecule has 0 aromatic carbocycles. The lowest BCUT2D eigenvalue weighted by molar-refractivity contribution is 0.416. The molecule has 1 unspecified atom stereocenters. The molecule has 0 radical (unpaired) electrons. The van der Waals surface area contributed by atoms with Crippen LogP contribution in [0.5, 0.6) is 0 Å². The van der Waals surface area contributed by atoms with E-state index in [1.807, 2.05) is 11.3 Å². The Balaban J connectivity index is 1.98. The molecule has 0 bridgehead atoms. The summed E-state index contributed by atoms with van der Waals surface area (Å²) in [6, 6.07) is 4.53. The van der Waals surface area contributed by atoms with E-state index in [0.717, 1.165) is 5.92 Å². The smallest absolute Gasteiger partial charge is 0.0212 e. The minimum absolute atomic E-state index is 0.536. The van der Waals surface area contributed by atoms with E-state index in [2.05, 4.69) is 22.8 Å². The fourth-order valence-corrected chi connectivity index (χ4v) is 3.71. The Morgan fingerprint density at radius 1 is 1.46 bits per heavy atom. The number of thiophene rings is 1. The monoisotopic (exact) mass is 193 g/mol. The van der Waals surface area contributed by atoms with Crippen LogP contribution in [0.2, 0.25) is 0 Å².